The summed E-state index contributed by atoms with van der Waals surface area (Å²) in [6, 6.07) is 5.30. The van der Waals surface area contributed by atoms with Crippen molar-refractivity contribution in [2.75, 3.05) is 25.0 Å². The van der Waals surface area contributed by atoms with E-state index in [2.05, 4.69) is 5.32 Å². The lowest BCUT2D eigenvalue weighted by Crippen LogP contribution is -2.33. The Morgan fingerprint density at radius 1 is 1.15 bits per heavy atom. The number of benzene rings is 1. The summed E-state index contributed by atoms with van der Waals surface area (Å²) in [6.45, 7) is 1.57. The summed E-state index contributed by atoms with van der Waals surface area (Å²) in [5.74, 6) is 0.318. The number of nitrogens with zero attached hydrogens (tertiary/aromatic N) is 1. The topological polar surface area (TPSA) is 58.6 Å². The number of para-hydroxylation sites is 1. The lowest BCUT2D eigenvalue weighted by molar-refractivity contribution is -0.118. The van der Waals surface area contributed by atoms with Crippen LogP contribution in [0.25, 0.3) is 0 Å². The highest BCUT2D eigenvalue weighted by Gasteiger charge is 2.25. The highest BCUT2D eigenvalue weighted by molar-refractivity contribution is 6.03. The van der Waals surface area contributed by atoms with Gasteiger partial charge < -0.3 is 15.0 Å². The molecule has 2 aliphatic rings. The minimum absolute atomic E-state index is 0.0000935. The maximum absolute atomic E-state index is 12.6. The Bertz CT molecular complexity index is 534. The predicted molar refractivity (Wildman–Crippen MR) is 74.9 cm³/mol. The molecule has 1 N–H and O–H groups in total. The first-order chi connectivity index (χ1) is 9.75. The maximum atomic E-state index is 12.6. The number of likely N-dealkylation sites (tertiary alicyclic amines) is 1. The summed E-state index contributed by atoms with van der Waals surface area (Å²) in [6.07, 6.45) is 4.48. The van der Waals surface area contributed by atoms with Gasteiger partial charge in [-0.25, -0.2) is 0 Å². The van der Waals surface area contributed by atoms with Gasteiger partial charge >= 0.3 is 0 Å². The highest BCUT2D eigenvalue weighted by Crippen LogP contribution is 2.32. The molecule has 1 fully saturated rings. The van der Waals surface area contributed by atoms with Gasteiger partial charge in [0, 0.05) is 13.1 Å². The van der Waals surface area contributed by atoms with Crippen molar-refractivity contribution < 1.29 is 14.3 Å². The minimum Gasteiger partial charge on any atom is -0.481 e. The number of rotatable bonds is 1. The molecule has 0 aliphatic carbocycles. The van der Waals surface area contributed by atoms with Gasteiger partial charge in [-0.1, -0.05) is 18.9 Å². The molecule has 1 aromatic rings. The predicted octanol–water partition coefficient (Wildman–Crippen LogP) is 2.03. The first-order valence-electron chi connectivity index (χ1n) is 7.10. The van der Waals surface area contributed by atoms with Gasteiger partial charge in [-0.15, -0.1) is 0 Å². The molecule has 0 bridgehead atoms. The van der Waals surface area contributed by atoms with E-state index in [4.69, 9.17) is 4.74 Å². The molecule has 20 heavy (non-hydrogen) atoms. The molecule has 5 heteroatoms. The number of anilines is 1. The highest BCUT2D eigenvalue weighted by atomic mass is 16.5. The van der Waals surface area contributed by atoms with Crippen molar-refractivity contribution >= 4 is 17.5 Å². The third-order valence-corrected chi connectivity index (χ3v) is 3.76. The lowest BCUT2D eigenvalue weighted by atomic mass is 10.1. The van der Waals surface area contributed by atoms with E-state index < -0.39 is 0 Å². The molecule has 5 nitrogen and oxygen atoms in total. The normalized spacial score (nSPS) is 18.6. The van der Waals surface area contributed by atoms with E-state index in [0.29, 0.717) is 17.0 Å². The van der Waals surface area contributed by atoms with Crippen LogP contribution in [0.2, 0.25) is 0 Å². The summed E-state index contributed by atoms with van der Waals surface area (Å²) >= 11 is 0. The molecule has 2 amide bonds. The molecule has 0 radical (unpaired) electrons. The van der Waals surface area contributed by atoms with Crippen molar-refractivity contribution in [3.05, 3.63) is 23.8 Å². The summed E-state index contributed by atoms with van der Waals surface area (Å²) < 4.78 is 5.45. The molecule has 0 aromatic heterocycles. The Balaban J connectivity index is 1.88. The fourth-order valence-electron chi connectivity index (χ4n) is 2.73. The van der Waals surface area contributed by atoms with Crippen molar-refractivity contribution in [1.29, 1.82) is 0 Å². The standard InChI is InChI=1S/C15H18N2O3/c18-13-10-20-14-11(6-5-7-12(14)16-13)15(19)17-8-3-1-2-4-9-17/h5-7H,1-4,8-10H2,(H,16,18). The summed E-state index contributed by atoms with van der Waals surface area (Å²) in [5, 5.41) is 2.74. The summed E-state index contributed by atoms with van der Waals surface area (Å²) in [7, 11) is 0. The molecule has 0 atom stereocenters. The molecular formula is C15H18N2O3. The number of carbonyl (C=O) groups is 2. The van der Waals surface area contributed by atoms with E-state index in [-0.39, 0.29) is 18.4 Å². The van der Waals surface area contributed by atoms with Gasteiger partial charge in [0.2, 0.25) is 0 Å². The maximum Gasteiger partial charge on any atom is 0.262 e. The fourth-order valence-corrected chi connectivity index (χ4v) is 2.73. The van der Waals surface area contributed by atoms with Crippen LogP contribution >= 0.6 is 0 Å². The number of ether oxygens (including phenoxy) is 1. The van der Waals surface area contributed by atoms with Crippen LogP contribution in [0.3, 0.4) is 0 Å². The molecule has 2 heterocycles. The minimum atomic E-state index is -0.183. The number of nitrogens with one attached hydrogen (secondary N) is 1. The Labute approximate surface area is 117 Å². The van der Waals surface area contributed by atoms with Crippen LogP contribution in [-0.2, 0) is 4.79 Å². The third-order valence-electron chi connectivity index (χ3n) is 3.76. The van der Waals surface area contributed by atoms with Crippen LogP contribution in [0, 0.1) is 0 Å². The second-order valence-corrected chi connectivity index (χ2v) is 5.23. The van der Waals surface area contributed by atoms with Gasteiger partial charge in [0.1, 0.15) is 0 Å². The van der Waals surface area contributed by atoms with Gasteiger partial charge in [0.25, 0.3) is 11.8 Å². The number of hydrogen-bond acceptors (Lipinski definition) is 3. The number of carbonyl (C=O) groups excluding carboxylic acids is 2. The first kappa shape index (κ1) is 13.0. The first-order valence-corrected chi connectivity index (χ1v) is 7.10. The number of hydrogen-bond donors (Lipinski definition) is 1. The summed E-state index contributed by atoms with van der Waals surface area (Å²) in [4.78, 5) is 25.9. The number of fused-ring (bicyclic) bond motifs is 1. The molecule has 0 saturated carbocycles. The van der Waals surface area contributed by atoms with E-state index in [1.54, 1.807) is 18.2 Å². The van der Waals surface area contributed by atoms with E-state index in [9.17, 15) is 9.59 Å². The number of amides is 2. The Morgan fingerprint density at radius 2 is 1.90 bits per heavy atom. The average molecular weight is 274 g/mol. The lowest BCUT2D eigenvalue weighted by Gasteiger charge is -2.24. The van der Waals surface area contributed by atoms with Crippen molar-refractivity contribution in [1.82, 2.24) is 4.90 Å². The van der Waals surface area contributed by atoms with Crippen molar-refractivity contribution in [3.63, 3.8) is 0 Å². The molecular weight excluding hydrogens is 256 g/mol. The van der Waals surface area contributed by atoms with Gasteiger partial charge in [-0.3, -0.25) is 9.59 Å². The van der Waals surface area contributed by atoms with Crippen LogP contribution in [-0.4, -0.2) is 36.4 Å². The van der Waals surface area contributed by atoms with Crippen LogP contribution in [0.4, 0.5) is 5.69 Å². The molecule has 106 valence electrons. The van der Waals surface area contributed by atoms with Crippen LogP contribution in [0.15, 0.2) is 18.2 Å². The molecule has 3 rings (SSSR count). The van der Waals surface area contributed by atoms with Crippen LogP contribution in [0.1, 0.15) is 36.0 Å². The second-order valence-electron chi connectivity index (χ2n) is 5.23. The van der Waals surface area contributed by atoms with Crippen LogP contribution < -0.4 is 10.1 Å². The Morgan fingerprint density at radius 3 is 2.65 bits per heavy atom. The van der Waals surface area contributed by atoms with E-state index in [0.717, 1.165) is 25.9 Å². The Kier molecular flexibility index (Phi) is 3.58. The SMILES string of the molecule is O=C1COc2c(cccc2C(=O)N2CCCCCC2)N1. The molecule has 2 aliphatic heterocycles. The molecule has 0 spiro atoms. The molecule has 1 aromatic carbocycles. The van der Waals surface area contributed by atoms with E-state index in [1.165, 1.54) is 12.8 Å². The monoisotopic (exact) mass is 274 g/mol. The fraction of sp³-hybridized carbons (Fsp3) is 0.467. The zero-order valence-corrected chi connectivity index (χ0v) is 11.4. The molecule has 0 unspecified atom stereocenters. The van der Waals surface area contributed by atoms with Gasteiger partial charge in [-0.2, -0.15) is 0 Å². The second kappa shape index (κ2) is 5.53. The van der Waals surface area contributed by atoms with E-state index in [1.807, 2.05) is 4.90 Å². The third kappa shape index (κ3) is 2.48. The largest absolute Gasteiger partial charge is 0.481 e. The zero-order valence-electron chi connectivity index (χ0n) is 11.4. The van der Waals surface area contributed by atoms with E-state index >= 15 is 0 Å². The van der Waals surface area contributed by atoms with Gasteiger partial charge in [-0.05, 0) is 25.0 Å². The smallest absolute Gasteiger partial charge is 0.262 e. The van der Waals surface area contributed by atoms with Crippen molar-refractivity contribution in [2.24, 2.45) is 0 Å². The van der Waals surface area contributed by atoms with Crippen molar-refractivity contribution in [3.8, 4) is 5.75 Å². The van der Waals surface area contributed by atoms with Crippen molar-refractivity contribution in [2.45, 2.75) is 25.7 Å². The summed E-state index contributed by atoms with van der Waals surface area (Å²) in [5.41, 5.74) is 1.13. The average Bonchev–Trinajstić information content (AvgIpc) is 2.74. The van der Waals surface area contributed by atoms with Gasteiger partial charge in [0.15, 0.2) is 12.4 Å². The van der Waals surface area contributed by atoms with Crippen LogP contribution in [0.5, 0.6) is 5.75 Å². The quantitative estimate of drug-likeness (QED) is 0.852. The van der Waals surface area contributed by atoms with Gasteiger partial charge in [0.05, 0.1) is 11.3 Å². The molecule has 1 saturated heterocycles. The zero-order chi connectivity index (χ0) is 13.9. The Hall–Kier alpha value is -2.04.